The fraction of sp³-hybridized carbons (Fsp3) is 0.312. The number of urea groups is 1. The normalized spacial score (nSPS) is 13.7. The molecule has 0 saturated heterocycles. The van der Waals surface area contributed by atoms with Crippen LogP contribution in [0, 0.1) is 5.82 Å². The van der Waals surface area contributed by atoms with Crippen LogP contribution in [0.25, 0.3) is 0 Å². The number of hydrogen-bond acceptors (Lipinski definition) is 5. The smallest absolute Gasteiger partial charge is 0.352 e. The van der Waals surface area contributed by atoms with Gasteiger partial charge in [-0.15, -0.1) is 11.3 Å². The molecule has 0 unspecified atom stereocenters. The summed E-state index contributed by atoms with van der Waals surface area (Å²) in [6.07, 6.45) is 2.02. The highest BCUT2D eigenvalue weighted by molar-refractivity contribution is 7.09. The first-order chi connectivity index (χ1) is 11.5. The van der Waals surface area contributed by atoms with Crippen molar-refractivity contribution in [2.75, 3.05) is 12.1 Å². The van der Waals surface area contributed by atoms with Crippen LogP contribution in [0.5, 0.6) is 5.75 Å². The lowest BCUT2D eigenvalue weighted by atomic mass is 10.1. The third-order valence-electron chi connectivity index (χ3n) is 3.82. The Morgan fingerprint density at radius 3 is 2.71 bits per heavy atom. The van der Waals surface area contributed by atoms with Crippen LogP contribution in [-0.4, -0.2) is 18.1 Å². The van der Waals surface area contributed by atoms with Crippen molar-refractivity contribution in [1.82, 2.24) is 5.01 Å². The van der Waals surface area contributed by atoms with Gasteiger partial charge < -0.3 is 4.74 Å². The van der Waals surface area contributed by atoms with Crippen molar-refractivity contribution in [3.63, 3.8) is 0 Å². The minimum atomic E-state index is -0.733. The van der Waals surface area contributed by atoms with Gasteiger partial charge in [0.25, 0.3) is 0 Å². The molecule has 1 saturated carbocycles. The van der Waals surface area contributed by atoms with Crippen LogP contribution in [0.2, 0.25) is 0 Å². The van der Waals surface area contributed by atoms with Crippen LogP contribution in [0.15, 0.2) is 29.6 Å². The molecule has 1 aliphatic rings. The van der Waals surface area contributed by atoms with Gasteiger partial charge in [-0.2, -0.15) is 0 Å². The molecule has 0 radical (unpaired) electrons. The van der Waals surface area contributed by atoms with Crippen LogP contribution in [-0.2, 0) is 6.61 Å². The van der Waals surface area contributed by atoms with Crippen LogP contribution >= 0.6 is 11.3 Å². The summed E-state index contributed by atoms with van der Waals surface area (Å²) in [4.78, 5) is 13.1. The molecule has 1 aromatic heterocycles. The maximum absolute atomic E-state index is 14.4. The van der Waals surface area contributed by atoms with Gasteiger partial charge in [-0.3, -0.25) is 5.01 Å². The van der Waals surface area contributed by atoms with Crippen molar-refractivity contribution >= 4 is 23.1 Å². The Kier molecular flexibility index (Phi) is 4.70. The highest BCUT2D eigenvalue weighted by Gasteiger charge is 2.32. The molecule has 1 aliphatic carbocycles. The summed E-state index contributed by atoms with van der Waals surface area (Å²) in [6.45, 7) is 0.286. The molecule has 1 heterocycles. The Hall–Kier alpha value is -2.16. The lowest BCUT2D eigenvalue weighted by molar-refractivity contribution is 0.215. The Balaban J connectivity index is 1.98. The topological polar surface area (TPSA) is 84.8 Å². The molecular formula is C16H19FN4O2S. The van der Waals surface area contributed by atoms with Crippen LogP contribution < -0.4 is 21.4 Å². The summed E-state index contributed by atoms with van der Waals surface area (Å²) in [6, 6.07) is 6.12. The molecule has 8 heteroatoms. The summed E-state index contributed by atoms with van der Waals surface area (Å²) in [5, 5.41) is 3.44. The van der Waals surface area contributed by atoms with Gasteiger partial charge in [-0.1, -0.05) is 12.1 Å². The number of carbonyl (C=O) groups is 1. The first-order valence-corrected chi connectivity index (χ1v) is 8.41. The van der Waals surface area contributed by atoms with E-state index in [2.05, 4.69) is 0 Å². The zero-order valence-corrected chi connectivity index (χ0v) is 14.1. The SMILES string of the molecule is CN(N)C(=O)N(N)c1c(F)ccc(C2CC2)c1OCc1cccs1. The number of nitrogens with two attached hydrogens (primary N) is 2. The molecule has 24 heavy (non-hydrogen) atoms. The van der Waals surface area contributed by atoms with E-state index in [1.807, 2.05) is 17.5 Å². The van der Waals surface area contributed by atoms with Gasteiger partial charge in [0.1, 0.15) is 12.3 Å². The monoisotopic (exact) mass is 350 g/mol. The highest BCUT2D eigenvalue weighted by atomic mass is 32.1. The van der Waals surface area contributed by atoms with Gasteiger partial charge in [-0.05, 0) is 41.8 Å². The minimum Gasteiger partial charge on any atom is -0.485 e. The second-order valence-corrected chi connectivity index (χ2v) is 6.75. The van der Waals surface area contributed by atoms with Gasteiger partial charge in [0.05, 0.1) is 0 Å². The fourth-order valence-electron chi connectivity index (χ4n) is 2.46. The number of halogens is 1. The molecule has 0 aliphatic heterocycles. The third kappa shape index (κ3) is 3.35. The highest BCUT2D eigenvalue weighted by Crippen LogP contribution is 2.48. The van der Waals surface area contributed by atoms with Gasteiger partial charge in [0.2, 0.25) is 0 Å². The van der Waals surface area contributed by atoms with E-state index in [1.165, 1.54) is 13.1 Å². The Morgan fingerprint density at radius 1 is 1.38 bits per heavy atom. The molecule has 1 fully saturated rings. The number of carbonyl (C=O) groups excluding carboxylic acids is 1. The summed E-state index contributed by atoms with van der Waals surface area (Å²) in [7, 11) is 1.34. The van der Waals surface area contributed by atoms with E-state index in [9.17, 15) is 9.18 Å². The zero-order valence-electron chi connectivity index (χ0n) is 13.2. The molecular weight excluding hydrogens is 331 g/mol. The Labute approximate surface area is 143 Å². The van der Waals surface area contributed by atoms with E-state index in [1.54, 1.807) is 17.4 Å². The second-order valence-electron chi connectivity index (χ2n) is 5.72. The van der Waals surface area contributed by atoms with Crippen molar-refractivity contribution in [3.05, 3.63) is 45.9 Å². The lowest BCUT2D eigenvalue weighted by Gasteiger charge is -2.25. The summed E-state index contributed by atoms with van der Waals surface area (Å²) >= 11 is 1.54. The van der Waals surface area contributed by atoms with Crippen LogP contribution in [0.4, 0.5) is 14.9 Å². The first kappa shape index (κ1) is 16.7. The minimum absolute atomic E-state index is 0.0849. The van der Waals surface area contributed by atoms with Crippen LogP contribution in [0.3, 0.4) is 0 Å². The van der Waals surface area contributed by atoms with Crippen molar-refractivity contribution in [2.45, 2.75) is 25.4 Å². The lowest BCUT2D eigenvalue weighted by Crippen LogP contribution is -2.49. The van der Waals surface area contributed by atoms with Gasteiger partial charge >= 0.3 is 6.03 Å². The number of hydrogen-bond donors (Lipinski definition) is 2. The molecule has 0 atom stereocenters. The average Bonchev–Trinajstić information content (AvgIpc) is 3.26. The second kappa shape index (κ2) is 6.76. The summed E-state index contributed by atoms with van der Waals surface area (Å²) in [5.41, 5.74) is 0.782. The molecule has 6 nitrogen and oxygen atoms in total. The molecule has 1 aromatic carbocycles. The first-order valence-electron chi connectivity index (χ1n) is 7.53. The molecule has 128 valence electrons. The van der Waals surface area contributed by atoms with E-state index in [-0.39, 0.29) is 12.3 Å². The zero-order chi connectivity index (χ0) is 17.3. The number of nitrogens with zero attached hydrogens (tertiary/aromatic N) is 2. The molecule has 4 N–H and O–H groups in total. The van der Waals surface area contributed by atoms with Gasteiger partial charge in [-0.25, -0.2) is 25.9 Å². The largest absolute Gasteiger partial charge is 0.485 e. The third-order valence-corrected chi connectivity index (χ3v) is 4.67. The van der Waals surface area contributed by atoms with E-state index >= 15 is 0 Å². The number of rotatable bonds is 5. The van der Waals surface area contributed by atoms with Crippen molar-refractivity contribution in [3.8, 4) is 5.75 Å². The number of benzene rings is 1. The predicted octanol–water partition coefficient (Wildman–Crippen LogP) is 2.95. The van der Waals surface area contributed by atoms with Crippen molar-refractivity contribution < 1.29 is 13.9 Å². The molecule has 3 rings (SSSR count). The predicted molar refractivity (Wildman–Crippen MR) is 91.0 cm³/mol. The van der Waals surface area contributed by atoms with Crippen molar-refractivity contribution in [2.24, 2.45) is 11.7 Å². The number of amides is 2. The van der Waals surface area contributed by atoms with Gasteiger partial charge in [0, 0.05) is 11.9 Å². The number of ether oxygens (including phenoxy) is 1. The van der Waals surface area contributed by atoms with Crippen LogP contribution in [0.1, 0.15) is 29.2 Å². The summed E-state index contributed by atoms with van der Waals surface area (Å²) in [5.74, 6) is 11.2. The fourth-order valence-corrected chi connectivity index (χ4v) is 3.07. The Morgan fingerprint density at radius 2 is 2.12 bits per heavy atom. The standard InChI is InChI=1S/C16H19FN4O2S/c1-20(18)16(22)21(19)14-13(17)7-6-12(10-4-5-10)15(14)23-9-11-3-2-8-24-11/h2-3,6-8,10H,4-5,9,18-19H2,1H3. The number of hydrazine groups is 2. The maximum atomic E-state index is 14.4. The molecule has 0 bridgehead atoms. The van der Waals surface area contributed by atoms with E-state index in [0.29, 0.717) is 16.7 Å². The molecule has 2 amide bonds. The number of anilines is 1. The van der Waals surface area contributed by atoms with Gasteiger partial charge in [0.15, 0.2) is 11.6 Å². The maximum Gasteiger partial charge on any atom is 0.352 e. The van der Waals surface area contributed by atoms with E-state index in [4.69, 9.17) is 16.4 Å². The average molecular weight is 350 g/mol. The molecule has 2 aromatic rings. The van der Waals surface area contributed by atoms with E-state index < -0.39 is 11.8 Å². The number of thiophene rings is 1. The van der Waals surface area contributed by atoms with E-state index in [0.717, 1.165) is 28.3 Å². The summed E-state index contributed by atoms with van der Waals surface area (Å²) < 4.78 is 20.3. The quantitative estimate of drug-likeness (QED) is 0.493. The Bertz CT molecular complexity index is 732. The van der Waals surface area contributed by atoms with Crippen molar-refractivity contribution in [1.29, 1.82) is 0 Å². The molecule has 0 spiro atoms.